The van der Waals surface area contributed by atoms with Gasteiger partial charge in [0.05, 0.1) is 5.69 Å². The molecule has 0 unspecified atom stereocenters. The van der Waals surface area contributed by atoms with Crippen LogP contribution in [0, 0.1) is 0 Å². The van der Waals surface area contributed by atoms with E-state index in [1.807, 2.05) is 17.6 Å². The zero-order valence-electron chi connectivity index (χ0n) is 7.68. The third kappa shape index (κ3) is 1.44. The molecule has 14 heavy (non-hydrogen) atoms. The fourth-order valence-corrected chi connectivity index (χ4v) is 2.13. The number of nitrogens with zero attached hydrogens (tertiary/aromatic N) is 2. The number of thiazole rings is 1. The van der Waals surface area contributed by atoms with E-state index in [-0.39, 0.29) is 0 Å². The topological polar surface area (TPSA) is 25.8 Å². The summed E-state index contributed by atoms with van der Waals surface area (Å²) in [7, 11) is 0. The third-order valence-corrected chi connectivity index (χ3v) is 3.21. The first-order valence-electron chi connectivity index (χ1n) is 4.80. The van der Waals surface area contributed by atoms with Gasteiger partial charge in [-0.15, -0.1) is 11.3 Å². The van der Waals surface area contributed by atoms with Crippen molar-refractivity contribution in [3.8, 4) is 10.7 Å². The van der Waals surface area contributed by atoms with Crippen LogP contribution in [-0.2, 0) is 0 Å². The second-order valence-corrected chi connectivity index (χ2v) is 4.45. The summed E-state index contributed by atoms with van der Waals surface area (Å²) in [6.07, 6.45) is 4.42. The molecule has 0 aromatic carbocycles. The van der Waals surface area contributed by atoms with Gasteiger partial charge in [-0.25, -0.2) is 4.98 Å². The van der Waals surface area contributed by atoms with Crippen LogP contribution < -0.4 is 0 Å². The van der Waals surface area contributed by atoms with Gasteiger partial charge in [-0.3, -0.25) is 4.98 Å². The van der Waals surface area contributed by atoms with Crippen molar-refractivity contribution in [3.05, 3.63) is 35.5 Å². The molecule has 2 aromatic rings. The number of rotatable bonds is 2. The van der Waals surface area contributed by atoms with Crippen LogP contribution in [0.15, 0.2) is 29.8 Å². The monoisotopic (exact) mass is 202 g/mol. The smallest absolute Gasteiger partial charge is 0.141 e. The molecule has 1 fully saturated rings. The summed E-state index contributed by atoms with van der Waals surface area (Å²) in [5, 5.41) is 3.01. The maximum absolute atomic E-state index is 4.63. The Hall–Kier alpha value is -1.22. The van der Waals surface area contributed by atoms with Crippen LogP contribution in [0.5, 0.6) is 0 Å². The second-order valence-electron chi connectivity index (χ2n) is 3.56. The molecule has 70 valence electrons. The second kappa shape index (κ2) is 3.17. The van der Waals surface area contributed by atoms with Crippen molar-refractivity contribution in [1.82, 2.24) is 9.97 Å². The molecular weight excluding hydrogens is 192 g/mol. The Morgan fingerprint density at radius 2 is 2.21 bits per heavy atom. The van der Waals surface area contributed by atoms with Crippen LogP contribution in [0.3, 0.4) is 0 Å². The van der Waals surface area contributed by atoms with Crippen molar-refractivity contribution in [2.75, 3.05) is 0 Å². The standard InChI is InChI=1S/C11H10N2S/c1-2-9(8-4-5-8)13-10(3-1)11-12-6-7-14-11/h1-3,6-8H,4-5H2. The van der Waals surface area contributed by atoms with E-state index in [1.54, 1.807) is 11.3 Å². The lowest BCUT2D eigenvalue weighted by Crippen LogP contribution is -1.88. The lowest BCUT2D eigenvalue weighted by molar-refractivity contribution is 1.03. The molecule has 0 saturated heterocycles. The van der Waals surface area contributed by atoms with E-state index < -0.39 is 0 Å². The normalized spacial score (nSPS) is 15.7. The Balaban J connectivity index is 2.02. The molecule has 0 amide bonds. The number of aromatic nitrogens is 2. The fourth-order valence-electron chi connectivity index (χ4n) is 1.53. The van der Waals surface area contributed by atoms with Crippen LogP contribution in [0.2, 0.25) is 0 Å². The average molecular weight is 202 g/mol. The largest absolute Gasteiger partial charge is 0.250 e. The molecule has 1 saturated carbocycles. The summed E-state index contributed by atoms with van der Waals surface area (Å²) in [6.45, 7) is 0. The minimum absolute atomic E-state index is 0.718. The van der Waals surface area contributed by atoms with Gasteiger partial charge in [0.25, 0.3) is 0 Å². The summed E-state index contributed by atoms with van der Waals surface area (Å²) in [5.41, 5.74) is 2.25. The van der Waals surface area contributed by atoms with Gasteiger partial charge in [-0.05, 0) is 25.0 Å². The summed E-state index contributed by atoms with van der Waals surface area (Å²) >= 11 is 1.64. The lowest BCUT2D eigenvalue weighted by atomic mass is 10.2. The first-order valence-corrected chi connectivity index (χ1v) is 5.68. The Labute approximate surface area is 86.7 Å². The number of hydrogen-bond acceptors (Lipinski definition) is 3. The molecule has 0 spiro atoms. The Bertz CT molecular complexity index is 432. The molecule has 2 nitrogen and oxygen atoms in total. The number of pyridine rings is 1. The zero-order valence-corrected chi connectivity index (χ0v) is 8.50. The SMILES string of the molecule is c1cc(-c2nccs2)nc(C2CC2)c1. The summed E-state index contributed by atoms with van der Waals surface area (Å²) in [4.78, 5) is 8.89. The minimum Gasteiger partial charge on any atom is -0.250 e. The predicted octanol–water partition coefficient (Wildman–Crippen LogP) is 3.08. The van der Waals surface area contributed by atoms with Crippen molar-refractivity contribution in [3.63, 3.8) is 0 Å². The molecule has 0 N–H and O–H groups in total. The van der Waals surface area contributed by atoms with Crippen molar-refractivity contribution in [2.45, 2.75) is 18.8 Å². The third-order valence-electron chi connectivity index (χ3n) is 2.42. The van der Waals surface area contributed by atoms with E-state index in [1.165, 1.54) is 18.5 Å². The highest BCUT2D eigenvalue weighted by Gasteiger charge is 2.25. The Morgan fingerprint density at radius 3 is 2.93 bits per heavy atom. The van der Waals surface area contributed by atoms with E-state index in [2.05, 4.69) is 22.1 Å². The summed E-state index contributed by atoms with van der Waals surface area (Å²) < 4.78 is 0. The summed E-state index contributed by atoms with van der Waals surface area (Å²) in [5.74, 6) is 0.718. The van der Waals surface area contributed by atoms with Gasteiger partial charge < -0.3 is 0 Å². The van der Waals surface area contributed by atoms with Crippen molar-refractivity contribution < 1.29 is 0 Å². The predicted molar refractivity (Wildman–Crippen MR) is 57.3 cm³/mol. The number of hydrogen-bond donors (Lipinski definition) is 0. The Kier molecular flexibility index (Phi) is 1.84. The van der Waals surface area contributed by atoms with E-state index in [9.17, 15) is 0 Å². The van der Waals surface area contributed by atoms with Gasteiger partial charge in [0, 0.05) is 23.2 Å². The van der Waals surface area contributed by atoms with E-state index >= 15 is 0 Å². The average Bonchev–Trinajstić information content (AvgIpc) is 2.94. The Morgan fingerprint density at radius 1 is 1.29 bits per heavy atom. The molecule has 3 heteroatoms. The summed E-state index contributed by atoms with van der Waals surface area (Å²) in [6, 6.07) is 6.23. The molecule has 0 bridgehead atoms. The van der Waals surface area contributed by atoms with Crippen molar-refractivity contribution in [2.24, 2.45) is 0 Å². The van der Waals surface area contributed by atoms with Gasteiger partial charge in [-0.2, -0.15) is 0 Å². The molecule has 0 aliphatic heterocycles. The maximum atomic E-state index is 4.63. The van der Waals surface area contributed by atoms with E-state index in [4.69, 9.17) is 0 Å². The highest BCUT2D eigenvalue weighted by Crippen LogP contribution is 2.39. The van der Waals surface area contributed by atoms with Crippen LogP contribution in [0.25, 0.3) is 10.7 Å². The molecular formula is C11H10N2S. The minimum atomic E-state index is 0.718. The van der Waals surface area contributed by atoms with Crippen LogP contribution in [0.4, 0.5) is 0 Å². The van der Waals surface area contributed by atoms with Crippen LogP contribution >= 0.6 is 11.3 Å². The highest BCUT2D eigenvalue weighted by atomic mass is 32.1. The van der Waals surface area contributed by atoms with E-state index in [0.29, 0.717) is 0 Å². The van der Waals surface area contributed by atoms with Gasteiger partial charge in [0.15, 0.2) is 0 Å². The maximum Gasteiger partial charge on any atom is 0.141 e. The van der Waals surface area contributed by atoms with Crippen molar-refractivity contribution >= 4 is 11.3 Å². The first kappa shape index (κ1) is 8.12. The highest BCUT2D eigenvalue weighted by molar-refractivity contribution is 7.13. The molecule has 3 rings (SSSR count). The van der Waals surface area contributed by atoms with Gasteiger partial charge in [0.1, 0.15) is 5.01 Å². The lowest BCUT2D eigenvalue weighted by Gasteiger charge is -1.99. The van der Waals surface area contributed by atoms with E-state index in [0.717, 1.165) is 16.6 Å². The molecule has 0 radical (unpaired) electrons. The molecule has 1 aliphatic carbocycles. The molecule has 1 aliphatic rings. The molecule has 0 atom stereocenters. The zero-order chi connectivity index (χ0) is 9.38. The van der Waals surface area contributed by atoms with Crippen molar-refractivity contribution in [1.29, 1.82) is 0 Å². The molecule has 2 heterocycles. The van der Waals surface area contributed by atoms with Gasteiger partial charge in [-0.1, -0.05) is 6.07 Å². The van der Waals surface area contributed by atoms with Crippen LogP contribution in [0.1, 0.15) is 24.5 Å². The van der Waals surface area contributed by atoms with Gasteiger partial charge >= 0.3 is 0 Å². The fraction of sp³-hybridized carbons (Fsp3) is 0.273. The van der Waals surface area contributed by atoms with Gasteiger partial charge in [0.2, 0.25) is 0 Å². The first-order chi connectivity index (χ1) is 6.93. The van der Waals surface area contributed by atoms with Crippen LogP contribution in [-0.4, -0.2) is 9.97 Å². The quantitative estimate of drug-likeness (QED) is 0.748. The molecule has 2 aromatic heterocycles.